The van der Waals surface area contributed by atoms with Gasteiger partial charge in [0, 0.05) is 18.1 Å². The fourth-order valence-electron chi connectivity index (χ4n) is 3.23. The van der Waals surface area contributed by atoms with Crippen LogP contribution >= 0.6 is 0 Å². The Balaban J connectivity index is 1.78. The molecule has 0 spiro atoms. The van der Waals surface area contributed by atoms with Gasteiger partial charge in [-0.15, -0.1) is 0 Å². The zero-order chi connectivity index (χ0) is 15.5. The summed E-state index contributed by atoms with van der Waals surface area (Å²) >= 11 is 0. The van der Waals surface area contributed by atoms with Gasteiger partial charge in [-0.1, -0.05) is 32.0 Å². The molecule has 1 aliphatic rings. The number of carbonyl (C=O) groups excluding carboxylic acids is 1. The number of carbonyl (C=O) groups is 1. The van der Waals surface area contributed by atoms with Crippen molar-refractivity contribution in [1.82, 2.24) is 9.88 Å². The first-order valence-electron chi connectivity index (χ1n) is 8.04. The lowest BCUT2D eigenvalue weighted by molar-refractivity contribution is -0.120. The number of amides is 1. The minimum absolute atomic E-state index is 0.0126. The third-order valence-electron chi connectivity index (χ3n) is 4.16. The quantitative estimate of drug-likeness (QED) is 0.942. The van der Waals surface area contributed by atoms with Crippen molar-refractivity contribution in [3.05, 3.63) is 36.5 Å². The van der Waals surface area contributed by atoms with Crippen molar-refractivity contribution in [3.63, 3.8) is 0 Å². The fraction of sp³-hybridized carbons (Fsp3) is 0.444. The van der Waals surface area contributed by atoms with Gasteiger partial charge in [0.2, 0.25) is 5.91 Å². The van der Waals surface area contributed by atoms with Gasteiger partial charge in [0.05, 0.1) is 17.2 Å². The molecule has 1 saturated heterocycles. The molecule has 4 heteroatoms. The minimum Gasteiger partial charge on any atom is -0.323 e. The first-order valence-corrected chi connectivity index (χ1v) is 8.04. The van der Waals surface area contributed by atoms with E-state index < -0.39 is 0 Å². The largest absolute Gasteiger partial charge is 0.323 e. The molecule has 1 aliphatic heterocycles. The minimum atomic E-state index is -0.0126. The number of hydrogen-bond acceptors (Lipinski definition) is 3. The molecule has 0 unspecified atom stereocenters. The van der Waals surface area contributed by atoms with E-state index in [4.69, 9.17) is 0 Å². The molecule has 1 aromatic carbocycles. The molecule has 2 heterocycles. The van der Waals surface area contributed by atoms with E-state index in [1.54, 1.807) is 6.20 Å². The highest BCUT2D eigenvalue weighted by atomic mass is 16.2. The average molecular weight is 297 g/mol. The lowest BCUT2D eigenvalue weighted by Gasteiger charge is -2.25. The number of benzene rings is 1. The third kappa shape index (κ3) is 3.12. The van der Waals surface area contributed by atoms with E-state index in [9.17, 15) is 4.79 Å². The number of fused-ring (bicyclic) bond motifs is 1. The summed E-state index contributed by atoms with van der Waals surface area (Å²) in [6.45, 7) is 6.39. The van der Waals surface area contributed by atoms with Crippen LogP contribution in [0.15, 0.2) is 36.5 Å². The van der Waals surface area contributed by atoms with Crippen molar-refractivity contribution in [2.45, 2.75) is 32.7 Å². The highest BCUT2D eigenvalue weighted by molar-refractivity contribution is 6.02. The SMILES string of the molecule is CC(C)CN1CCC[C@H]1C(=O)Nc1cccc2cccnc12. The molecular weight excluding hydrogens is 274 g/mol. The van der Waals surface area contributed by atoms with E-state index in [0.29, 0.717) is 5.92 Å². The van der Waals surface area contributed by atoms with Gasteiger partial charge in [-0.3, -0.25) is 14.7 Å². The predicted molar refractivity (Wildman–Crippen MR) is 89.8 cm³/mol. The Morgan fingerprint density at radius 3 is 3.00 bits per heavy atom. The van der Waals surface area contributed by atoms with E-state index >= 15 is 0 Å². The monoisotopic (exact) mass is 297 g/mol. The van der Waals surface area contributed by atoms with Crippen LogP contribution in [0.4, 0.5) is 5.69 Å². The van der Waals surface area contributed by atoms with Gasteiger partial charge in [0.25, 0.3) is 0 Å². The number of hydrogen-bond donors (Lipinski definition) is 1. The van der Waals surface area contributed by atoms with Crippen LogP contribution in [0.25, 0.3) is 10.9 Å². The number of likely N-dealkylation sites (tertiary alicyclic amines) is 1. The molecule has 4 nitrogen and oxygen atoms in total. The second-order valence-corrected chi connectivity index (χ2v) is 6.42. The van der Waals surface area contributed by atoms with Gasteiger partial charge in [0.1, 0.15) is 0 Å². The lowest BCUT2D eigenvalue weighted by Crippen LogP contribution is -2.41. The van der Waals surface area contributed by atoms with Crippen molar-refractivity contribution in [1.29, 1.82) is 0 Å². The summed E-state index contributed by atoms with van der Waals surface area (Å²) in [7, 11) is 0. The summed E-state index contributed by atoms with van der Waals surface area (Å²) in [4.78, 5) is 19.4. The maximum Gasteiger partial charge on any atom is 0.241 e. The molecular formula is C18H23N3O. The molecule has 0 bridgehead atoms. The van der Waals surface area contributed by atoms with Gasteiger partial charge in [-0.2, -0.15) is 0 Å². The molecule has 2 aromatic rings. The van der Waals surface area contributed by atoms with Crippen molar-refractivity contribution in [2.75, 3.05) is 18.4 Å². The maximum atomic E-state index is 12.7. The summed E-state index contributed by atoms with van der Waals surface area (Å²) < 4.78 is 0. The van der Waals surface area contributed by atoms with Gasteiger partial charge in [-0.25, -0.2) is 0 Å². The number of nitrogens with zero attached hydrogens (tertiary/aromatic N) is 2. The Bertz CT molecular complexity index is 663. The van der Waals surface area contributed by atoms with Crippen LogP contribution in [0, 0.1) is 5.92 Å². The third-order valence-corrected chi connectivity index (χ3v) is 4.16. The van der Waals surface area contributed by atoms with E-state index in [0.717, 1.165) is 42.5 Å². The van der Waals surface area contributed by atoms with Crippen LogP contribution in [-0.4, -0.2) is 34.9 Å². The first kappa shape index (κ1) is 15.0. The number of aromatic nitrogens is 1. The number of para-hydroxylation sites is 1. The first-order chi connectivity index (χ1) is 10.6. The Morgan fingerprint density at radius 1 is 1.36 bits per heavy atom. The topological polar surface area (TPSA) is 45.2 Å². The Hall–Kier alpha value is -1.94. The van der Waals surface area contributed by atoms with E-state index in [-0.39, 0.29) is 11.9 Å². The van der Waals surface area contributed by atoms with Crippen molar-refractivity contribution in [2.24, 2.45) is 5.92 Å². The Labute approximate surface area is 131 Å². The predicted octanol–water partition coefficient (Wildman–Crippen LogP) is 3.29. The average Bonchev–Trinajstić information content (AvgIpc) is 2.95. The number of anilines is 1. The van der Waals surface area contributed by atoms with Crippen molar-refractivity contribution in [3.8, 4) is 0 Å². The van der Waals surface area contributed by atoms with Gasteiger partial charge in [-0.05, 0) is 37.4 Å². The molecule has 1 atom stereocenters. The van der Waals surface area contributed by atoms with Gasteiger partial charge in [0.15, 0.2) is 0 Å². The maximum absolute atomic E-state index is 12.7. The van der Waals surface area contributed by atoms with Crippen LogP contribution in [0.5, 0.6) is 0 Å². The fourth-order valence-corrected chi connectivity index (χ4v) is 3.23. The molecule has 0 radical (unpaired) electrons. The second-order valence-electron chi connectivity index (χ2n) is 6.42. The summed E-state index contributed by atoms with van der Waals surface area (Å²) in [6, 6.07) is 9.81. The highest BCUT2D eigenvalue weighted by Crippen LogP contribution is 2.24. The Kier molecular flexibility index (Phi) is 4.39. The standard InChI is InChI=1S/C18H23N3O/c1-13(2)12-21-11-5-9-16(21)18(22)20-15-8-3-6-14-7-4-10-19-17(14)15/h3-4,6-8,10,13,16H,5,9,11-12H2,1-2H3,(H,20,22)/t16-/m0/s1. The summed E-state index contributed by atoms with van der Waals surface area (Å²) in [6.07, 6.45) is 3.80. The number of nitrogens with one attached hydrogen (secondary N) is 1. The van der Waals surface area contributed by atoms with Crippen molar-refractivity contribution < 1.29 is 4.79 Å². The molecule has 1 N–H and O–H groups in total. The smallest absolute Gasteiger partial charge is 0.241 e. The normalized spacial score (nSPS) is 19.0. The van der Waals surface area contributed by atoms with E-state index in [1.165, 1.54) is 0 Å². The van der Waals surface area contributed by atoms with E-state index in [1.807, 2.05) is 30.3 Å². The molecule has 22 heavy (non-hydrogen) atoms. The van der Waals surface area contributed by atoms with Gasteiger partial charge >= 0.3 is 0 Å². The van der Waals surface area contributed by atoms with Gasteiger partial charge < -0.3 is 5.32 Å². The summed E-state index contributed by atoms with van der Waals surface area (Å²) in [5.41, 5.74) is 1.66. The molecule has 3 rings (SSSR count). The van der Waals surface area contributed by atoms with E-state index in [2.05, 4.69) is 29.0 Å². The zero-order valence-electron chi connectivity index (χ0n) is 13.2. The molecule has 116 valence electrons. The lowest BCUT2D eigenvalue weighted by atomic mass is 10.1. The molecule has 0 saturated carbocycles. The van der Waals surface area contributed by atoms with Crippen LogP contribution in [0.3, 0.4) is 0 Å². The molecule has 0 aliphatic carbocycles. The number of pyridine rings is 1. The number of rotatable bonds is 4. The molecule has 1 amide bonds. The molecule has 1 aromatic heterocycles. The van der Waals surface area contributed by atoms with Crippen LogP contribution in [-0.2, 0) is 4.79 Å². The second kappa shape index (κ2) is 6.44. The van der Waals surface area contributed by atoms with Crippen LogP contribution in [0.2, 0.25) is 0 Å². The van der Waals surface area contributed by atoms with Crippen LogP contribution < -0.4 is 5.32 Å². The zero-order valence-corrected chi connectivity index (χ0v) is 13.2. The van der Waals surface area contributed by atoms with Crippen LogP contribution in [0.1, 0.15) is 26.7 Å². The van der Waals surface area contributed by atoms with Crippen molar-refractivity contribution >= 4 is 22.5 Å². The Morgan fingerprint density at radius 2 is 2.18 bits per heavy atom. The summed E-state index contributed by atoms with van der Waals surface area (Å²) in [5, 5.41) is 4.13. The molecule has 1 fully saturated rings. The highest BCUT2D eigenvalue weighted by Gasteiger charge is 2.31. The summed E-state index contributed by atoms with van der Waals surface area (Å²) in [5.74, 6) is 0.670.